The number of aromatic nitrogens is 1. The van der Waals surface area contributed by atoms with E-state index in [0.717, 1.165) is 28.1 Å². The molecule has 2 aromatic heterocycles. The monoisotopic (exact) mass is 428 g/mol. The van der Waals surface area contributed by atoms with Crippen LogP contribution in [0.1, 0.15) is 32.6 Å². The predicted octanol–water partition coefficient (Wildman–Crippen LogP) is 7.08. The smallest absolute Gasteiger partial charge is 0.0934 e. The molecule has 0 fully saturated rings. The van der Waals surface area contributed by atoms with Crippen molar-refractivity contribution < 1.29 is 0 Å². The third-order valence-corrected chi connectivity index (χ3v) is 7.12. The van der Waals surface area contributed by atoms with Crippen LogP contribution < -0.4 is 0 Å². The lowest BCUT2D eigenvalue weighted by atomic mass is 9.85. The van der Waals surface area contributed by atoms with E-state index in [4.69, 9.17) is 11.6 Å². The maximum absolute atomic E-state index is 6.33. The molecule has 3 aromatic rings. The number of fused-ring (bicyclic) bond motifs is 1. The lowest BCUT2D eigenvalue weighted by Crippen LogP contribution is -2.30. The average Bonchev–Trinajstić information content (AvgIpc) is 3.21. The van der Waals surface area contributed by atoms with Crippen LogP contribution in [0, 0.1) is 13.8 Å². The average molecular weight is 429 g/mol. The van der Waals surface area contributed by atoms with Gasteiger partial charge in [0.15, 0.2) is 0 Å². The summed E-state index contributed by atoms with van der Waals surface area (Å²) in [4.78, 5) is 9.70. The number of hydrogen-bond donors (Lipinski definition) is 0. The van der Waals surface area contributed by atoms with Crippen molar-refractivity contribution in [1.82, 2.24) is 9.88 Å². The first-order valence-corrected chi connectivity index (χ1v) is 11.2. The van der Waals surface area contributed by atoms with Crippen molar-refractivity contribution in [1.29, 1.82) is 0 Å². The number of hydrogen-bond acceptors (Lipinski definition) is 4. The molecule has 0 aliphatic carbocycles. The van der Waals surface area contributed by atoms with Gasteiger partial charge in [0.05, 0.1) is 19.9 Å². The van der Waals surface area contributed by atoms with E-state index in [2.05, 4.69) is 74.3 Å². The van der Waals surface area contributed by atoms with Crippen LogP contribution in [0.25, 0.3) is 10.4 Å². The van der Waals surface area contributed by atoms with Crippen molar-refractivity contribution >= 4 is 34.3 Å². The van der Waals surface area contributed by atoms with Gasteiger partial charge in [0.2, 0.25) is 0 Å². The second kappa shape index (κ2) is 9.19. The minimum absolute atomic E-state index is 0.362. The molecule has 4 rings (SSSR count). The van der Waals surface area contributed by atoms with Crippen LogP contribution in [0.3, 0.4) is 0 Å². The first kappa shape index (κ1) is 21.0. The summed E-state index contributed by atoms with van der Waals surface area (Å²) in [5, 5.41) is 1.12. The zero-order valence-corrected chi connectivity index (χ0v) is 18.9. The van der Waals surface area contributed by atoms with Crippen molar-refractivity contribution in [3.63, 3.8) is 0 Å². The number of thiophene rings is 1. The highest BCUT2D eigenvalue weighted by Gasteiger charge is 2.29. The number of halogens is 1. The van der Waals surface area contributed by atoms with E-state index in [1.165, 1.54) is 26.4 Å². The van der Waals surface area contributed by atoms with Crippen molar-refractivity contribution in [2.24, 2.45) is 0 Å². The van der Waals surface area contributed by atoms with Gasteiger partial charge in [0.25, 0.3) is 0 Å². The molecule has 1 aliphatic rings. The molecule has 28 heavy (non-hydrogen) atoms. The van der Waals surface area contributed by atoms with Crippen LogP contribution in [0.15, 0.2) is 55.6 Å². The van der Waals surface area contributed by atoms with Gasteiger partial charge >= 0.3 is 0 Å². The third-order valence-electron chi connectivity index (χ3n) is 4.75. The van der Waals surface area contributed by atoms with E-state index in [0.29, 0.717) is 5.92 Å². The van der Waals surface area contributed by atoms with Gasteiger partial charge in [-0.2, -0.15) is 0 Å². The molecule has 1 aliphatic heterocycles. The fraction of sp³-hybridized carbons (Fsp3) is 0.261. The Hall–Kier alpha value is -1.72. The Kier molecular flexibility index (Phi) is 6.89. The topological polar surface area (TPSA) is 16.1 Å². The summed E-state index contributed by atoms with van der Waals surface area (Å²) < 4.78 is 0.891. The predicted molar refractivity (Wildman–Crippen MR) is 125 cm³/mol. The Morgan fingerprint density at radius 3 is 2.50 bits per heavy atom. The fourth-order valence-electron chi connectivity index (χ4n) is 3.60. The maximum Gasteiger partial charge on any atom is 0.0934 e. The minimum atomic E-state index is 0.362. The zero-order valence-electron chi connectivity index (χ0n) is 16.5. The summed E-state index contributed by atoms with van der Waals surface area (Å²) >= 11 is 9.83. The van der Waals surface area contributed by atoms with E-state index in [-0.39, 0.29) is 0 Å². The first-order chi connectivity index (χ1) is 13.4. The van der Waals surface area contributed by atoms with E-state index in [1.807, 2.05) is 0 Å². The largest absolute Gasteiger partial charge is 0.300 e. The summed E-state index contributed by atoms with van der Waals surface area (Å²) in [5.74, 6) is 0.362. The van der Waals surface area contributed by atoms with E-state index < -0.39 is 0 Å². The molecule has 0 radical (unpaired) electrons. The lowest BCUT2D eigenvalue weighted by molar-refractivity contribution is 0.299. The molecule has 1 aromatic carbocycles. The molecule has 0 amide bonds. The second-order valence-electron chi connectivity index (χ2n) is 6.88. The molecule has 0 spiro atoms. The molecule has 5 heteroatoms. The van der Waals surface area contributed by atoms with E-state index in [1.54, 1.807) is 34.8 Å². The first-order valence-electron chi connectivity index (χ1n) is 9.18. The molecule has 1 unspecified atom stereocenters. The number of nitrogens with zero attached hydrogens (tertiary/aromatic N) is 2. The van der Waals surface area contributed by atoms with Gasteiger partial charge in [-0.15, -0.1) is 22.7 Å². The van der Waals surface area contributed by atoms with Crippen LogP contribution >= 0.6 is 34.3 Å². The Morgan fingerprint density at radius 1 is 1.14 bits per heavy atom. The van der Waals surface area contributed by atoms with Crippen LogP contribution in [-0.4, -0.2) is 23.5 Å². The van der Waals surface area contributed by atoms with Crippen LogP contribution in [0.4, 0.5) is 0 Å². The highest BCUT2D eigenvalue weighted by atomic mass is 35.5. The molecule has 2 nitrogen and oxygen atoms in total. The van der Waals surface area contributed by atoms with Crippen LogP contribution in [0.5, 0.6) is 0 Å². The highest BCUT2D eigenvalue weighted by molar-refractivity contribution is 7.16. The normalized spacial score (nSPS) is 16.1. The molecule has 0 N–H and O–H groups in total. The number of likely N-dealkylation sites (N-methyl/N-ethyl adjacent to an activating group) is 1. The maximum atomic E-state index is 6.33. The fourth-order valence-corrected chi connectivity index (χ4v) is 5.99. The van der Waals surface area contributed by atoms with Crippen molar-refractivity contribution in [3.05, 3.63) is 86.7 Å². The SMILES string of the molecule is C=CC=C.Cc1nc(C)c(-c2ccccc2C2CN(C)Cc3sc(Cl)cc32)s1. The minimum Gasteiger partial charge on any atom is -0.300 e. The molecule has 0 bridgehead atoms. The van der Waals surface area contributed by atoms with Gasteiger partial charge in [-0.05, 0) is 43.7 Å². The van der Waals surface area contributed by atoms with Gasteiger partial charge in [0.1, 0.15) is 0 Å². The van der Waals surface area contributed by atoms with Gasteiger partial charge in [-0.25, -0.2) is 4.98 Å². The van der Waals surface area contributed by atoms with Crippen molar-refractivity contribution in [2.75, 3.05) is 13.6 Å². The molecule has 3 heterocycles. The van der Waals surface area contributed by atoms with Gasteiger partial charge in [-0.1, -0.05) is 61.2 Å². The van der Waals surface area contributed by atoms with Crippen molar-refractivity contribution in [3.8, 4) is 10.4 Å². The third kappa shape index (κ3) is 4.47. The Morgan fingerprint density at radius 2 is 1.86 bits per heavy atom. The Labute approximate surface area is 180 Å². The number of benzene rings is 1. The number of rotatable bonds is 3. The number of aryl methyl sites for hydroxylation is 2. The molecule has 1 atom stereocenters. The van der Waals surface area contributed by atoms with E-state index in [9.17, 15) is 0 Å². The number of thiazole rings is 1. The van der Waals surface area contributed by atoms with Crippen molar-refractivity contribution in [2.45, 2.75) is 26.3 Å². The lowest BCUT2D eigenvalue weighted by Gasteiger charge is -2.31. The Bertz CT molecular complexity index is 980. The summed E-state index contributed by atoms with van der Waals surface area (Å²) in [6.45, 7) is 12.9. The molecule has 146 valence electrons. The van der Waals surface area contributed by atoms with Gasteiger partial charge in [0, 0.05) is 23.9 Å². The summed E-state index contributed by atoms with van der Waals surface area (Å²) in [7, 11) is 2.19. The number of allylic oxidation sites excluding steroid dienone is 2. The van der Waals surface area contributed by atoms with Gasteiger partial charge in [-0.3, -0.25) is 0 Å². The zero-order chi connectivity index (χ0) is 20.3. The van der Waals surface area contributed by atoms with Crippen LogP contribution in [0.2, 0.25) is 4.34 Å². The standard InChI is InChI=1S/C19H19ClN2S2.C4H6/c1-11-19(23-12(2)21-11)14-7-5-4-6-13(14)16-9-22(3)10-17-15(16)8-18(20)24-17;1-3-4-2/h4-8,16H,9-10H2,1-3H3;3-4H,1-2H2. The van der Waals surface area contributed by atoms with Gasteiger partial charge < -0.3 is 4.90 Å². The van der Waals surface area contributed by atoms with E-state index >= 15 is 0 Å². The quantitative estimate of drug-likeness (QED) is 0.414. The molecular weight excluding hydrogens is 404 g/mol. The summed E-state index contributed by atoms with van der Waals surface area (Å²) in [6.07, 6.45) is 3.28. The molecular formula is C23H25ClN2S2. The van der Waals surface area contributed by atoms with Crippen LogP contribution in [-0.2, 0) is 6.54 Å². The Balaban J connectivity index is 0.000000516. The summed E-state index contributed by atoms with van der Waals surface area (Å²) in [5.41, 5.74) is 5.22. The highest BCUT2D eigenvalue weighted by Crippen LogP contribution is 2.43. The summed E-state index contributed by atoms with van der Waals surface area (Å²) in [6, 6.07) is 10.9. The second-order valence-corrected chi connectivity index (χ2v) is 9.86. The molecule has 0 saturated heterocycles. The molecule has 0 saturated carbocycles.